The maximum Gasteiger partial charge on any atom is 0.302 e. The normalized spacial score (nSPS) is 9.35. The number of thioether (sulfide) groups is 1. The Morgan fingerprint density at radius 3 is 1.28 bits per heavy atom. The summed E-state index contributed by atoms with van der Waals surface area (Å²) in [5.41, 5.74) is 0. The molecule has 0 spiro atoms. The number of ether oxygens (including phenoxy) is 5. The molecule has 0 fully saturated rings. The van der Waals surface area contributed by atoms with Crippen LogP contribution in [0.3, 0.4) is 0 Å². The predicted molar refractivity (Wildman–Crippen MR) is 229 cm³/mol. The van der Waals surface area contributed by atoms with Crippen LogP contribution in [0.25, 0.3) is 0 Å². The first-order valence-electron chi connectivity index (χ1n) is 18.9. The fourth-order valence-corrected chi connectivity index (χ4v) is 2.85. The first-order chi connectivity index (χ1) is 26.5. The van der Waals surface area contributed by atoms with E-state index < -0.39 is 0 Å². The number of nitroso groups, excluding NO2 is 1. The number of carbonyl (C=O) groups excluding carboxylic acids is 8. The molecule has 0 bridgehead atoms. The largest absolute Gasteiger partial charge is 0.469 e. The van der Waals surface area contributed by atoms with Crippen molar-refractivity contribution in [1.82, 2.24) is 0 Å². The van der Waals surface area contributed by atoms with Crippen LogP contribution >= 0.6 is 11.8 Å². The van der Waals surface area contributed by atoms with Crippen molar-refractivity contribution in [2.75, 3.05) is 87.6 Å². The number of hydrogen-bond acceptors (Lipinski definition) is 15. The van der Waals surface area contributed by atoms with Gasteiger partial charge in [0.15, 0.2) is 30.9 Å². The third kappa shape index (κ3) is 119. The summed E-state index contributed by atoms with van der Waals surface area (Å²) in [6, 6.07) is 0. The summed E-state index contributed by atoms with van der Waals surface area (Å²) >= 11 is 1.75. The summed E-state index contributed by atoms with van der Waals surface area (Å²) < 4.78 is 23.6. The average molecular weight is 845 g/mol. The standard InChI is InChI=1S/C11H20NO3.C7H12O3.C6H12O2.C5H10O2.C4H8O2.C3H6O2.C3H8.C2H6S/c1-9(13)8-11(10(2)14)6-4-5-7-12(3)15;1-3-7(9)5-10-4-6(2)8;1-6(7)4-3-5-8-2;1-5(6)3-4-7-2;1-4(5)3-6-2;1-3(4)5-2;2*1-3-2/h11H,4-8H2,1-3H3;3-5H2,1-2H3;3-5H2,1-2H3;3-4H2,1-2H3;3H2,1-2H3;1-2H3;3H2,1-2H3;1-2H3/q+1;;;;;;;. The molecule has 57 heavy (non-hydrogen) atoms. The highest BCUT2D eigenvalue weighted by Crippen LogP contribution is 2.14. The molecule has 0 aromatic carbocycles. The van der Waals surface area contributed by atoms with Gasteiger partial charge in [0.1, 0.15) is 43.0 Å². The number of hydrogen-bond donors (Lipinski definition) is 0. The molecule has 0 aliphatic carbocycles. The van der Waals surface area contributed by atoms with E-state index >= 15 is 0 Å². The molecule has 0 heterocycles. The van der Waals surface area contributed by atoms with Crippen LogP contribution < -0.4 is 0 Å². The number of unbranched alkanes of at least 4 members (excludes halogenated alkanes) is 1. The minimum Gasteiger partial charge on any atom is -0.469 e. The molecule has 1 atom stereocenters. The van der Waals surface area contributed by atoms with Gasteiger partial charge in [0.05, 0.1) is 13.7 Å². The maximum atomic E-state index is 11.2. The zero-order valence-electron chi connectivity index (χ0n) is 38.8. The topological polar surface area (TPSA) is 203 Å². The van der Waals surface area contributed by atoms with E-state index in [2.05, 4.69) is 28.1 Å². The lowest BCUT2D eigenvalue weighted by Gasteiger charge is -2.10. The summed E-state index contributed by atoms with van der Waals surface area (Å²) in [5, 5.41) is 0. The van der Waals surface area contributed by atoms with Crippen LogP contribution in [0.15, 0.2) is 0 Å². The van der Waals surface area contributed by atoms with Crippen LogP contribution in [0.4, 0.5) is 0 Å². The first-order valence-corrected chi connectivity index (χ1v) is 20.5. The van der Waals surface area contributed by atoms with Gasteiger partial charge in [-0.2, -0.15) is 11.8 Å². The minimum absolute atomic E-state index is 0.0289. The number of esters is 1. The van der Waals surface area contributed by atoms with Gasteiger partial charge in [0.25, 0.3) is 0 Å². The highest BCUT2D eigenvalue weighted by molar-refractivity contribution is 7.97. The van der Waals surface area contributed by atoms with E-state index in [0.29, 0.717) is 51.9 Å². The van der Waals surface area contributed by atoms with E-state index in [1.54, 1.807) is 46.8 Å². The number of carbonyl (C=O) groups is 8. The van der Waals surface area contributed by atoms with Gasteiger partial charge in [0, 0.05) is 77.8 Å². The molecule has 0 rings (SSSR count). The van der Waals surface area contributed by atoms with Crippen molar-refractivity contribution in [3.8, 4) is 0 Å². The lowest BCUT2D eigenvalue weighted by atomic mass is 9.93. The smallest absolute Gasteiger partial charge is 0.302 e. The fourth-order valence-electron chi connectivity index (χ4n) is 2.85. The van der Waals surface area contributed by atoms with Crippen molar-refractivity contribution in [3.05, 3.63) is 4.91 Å². The summed E-state index contributed by atoms with van der Waals surface area (Å²) in [7, 11) is 7.56. The second-order valence-electron chi connectivity index (χ2n) is 12.3. The molecule has 340 valence electrons. The second-order valence-corrected chi connectivity index (χ2v) is 13.2. The highest BCUT2D eigenvalue weighted by Gasteiger charge is 2.16. The predicted octanol–water partition coefficient (Wildman–Crippen LogP) is 6.73. The van der Waals surface area contributed by atoms with Crippen LogP contribution in [0.5, 0.6) is 0 Å². The van der Waals surface area contributed by atoms with Gasteiger partial charge in [-0.25, -0.2) is 0 Å². The number of methoxy groups -OCH3 is 4. The zero-order chi connectivity index (χ0) is 46.6. The number of Topliss-reactive ketones (excluding diaryl/α,β-unsaturated/α-hetero) is 7. The molecule has 0 N–H and O–H groups in total. The Kier molecular flexibility index (Phi) is 78.1. The van der Waals surface area contributed by atoms with E-state index in [4.69, 9.17) is 9.47 Å². The summed E-state index contributed by atoms with van der Waals surface area (Å²) in [4.78, 5) is 93.4. The van der Waals surface area contributed by atoms with Crippen LogP contribution in [-0.2, 0) is 62.0 Å². The number of rotatable bonds is 22. The Balaban J connectivity index is -0.0000000847. The van der Waals surface area contributed by atoms with Gasteiger partial charge in [-0.3, -0.25) is 28.8 Å². The molecule has 0 aliphatic rings. The average Bonchev–Trinajstić information content (AvgIpc) is 3.10. The number of ketones is 7. The third-order valence-electron chi connectivity index (χ3n) is 5.52. The Hall–Kier alpha value is -3.05. The molecule has 0 amide bonds. The van der Waals surface area contributed by atoms with Crippen molar-refractivity contribution in [3.63, 3.8) is 0 Å². The summed E-state index contributed by atoms with van der Waals surface area (Å²) in [6.45, 7) is 18.5. The van der Waals surface area contributed by atoms with Crippen LogP contribution in [-0.4, -0.2) is 139 Å². The summed E-state index contributed by atoms with van der Waals surface area (Å²) in [5.74, 6) is 0.188. The Morgan fingerprint density at radius 2 is 1.04 bits per heavy atom. The SMILES string of the molecule is CC(=O)CC(CCCC[N+](C)=O)C(C)=O.CCC.CCC(=O)COCC(C)=O.COC(C)=O.COCC(C)=O.COCCC(C)=O.COCCCC(C)=O.CSC. The zero-order valence-corrected chi connectivity index (χ0v) is 39.6. The molecular weight excluding hydrogens is 763 g/mol. The van der Waals surface area contributed by atoms with Crippen molar-refractivity contribution >= 4 is 58.2 Å². The Morgan fingerprint density at radius 1 is 0.596 bits per heavy atom. The Bertz CT molecular complexity index is 1000. The van der Waals surface area contributed by atoms with Crippen molar-refractivity contribution < 1.29 is 66.8 Å². The van der Waals surface area contributed by atoms with E-state index in [1.165, 1.54) is 62.3 Å². The lowest BCUT2D eigenvalue weighted by Crippen LogP contribution is -2.15. The van der Waals surface area contributed by atoms with Crippen molar-refractivity contribution in [2.45, 2.75) is 127 Å². The van der Waals surface area contributed by atoms with Gasteiger partial charge in [-0.15, -0.1) is 0 Å². The van der Waals surface area contributed by atoms with Crippen LogP contribution in [0, 0.1) is 10.8 Å². The fraction of sp³-hybridized carbons (Fsp3) is 0.805. The van der Waals surface area contributed by atoms with Crippen molar-refractivity contribution in [2.24, 2.45) is 5.92 Å². The van der Waals surface area contributed by atoms with Crippen LogP contribution in [0.2, 0.25) is 0 Å². The molecule has 0 saturated heterocycles. The van der Waals surface area contributed by atoms with Gasteiger partial charge in [0.2, 0.25) is 0 Å². The third-order valence-corrected chi connectivity index (χ3v) is 5.52. The van der Waals surface area contributed by atoms with Gasteiger partial charge in [-0.05, 0) is 78.1 Å². The second kappa shape index (κ2) is 62.2. The maximum absolute atomic E-state index is 11.2. The van der Waals surface area contributed by atoms with Gasteiger partial charge < -0.3 is 33.3 Å². The van der Waals surface area contributed by atoms with Crippen LogP contribution in [0.1, 0.15) is 127 Å². The van der Waals surface area contributed by atoms with E-state index in [0.717, 1.165) is 24.0 Å². The Labute approximate surface area is 349 Å². The molecular formula is C41H82NO14S+. The molecule has 1 unspecified atom stereocenters. The monoisotopic (exact) mass is 845 g/mol. The molecule has 0 aromatic rings. The quantitative estimate of drug-likeness (QED) is 0.0630. The first kappa shape index (κ1) is 71.6. The van der Waals surface area contributed by atoms with E-state index in [9.17, 15) is 43.3 Å². The number of nitrogens with zero attached hydrogens (tertiary/aromatic N) is 1. The minimum atomic E-state index is -0.245. The molecule has 0 radical (unpaired) electrons. The van der Waals surface area contributed by atoms with E-state index in [1.807, 2.05) is 12.5 Å². The van der Waals surface area contributed by atoms with Gasteiger partial charge in [-0.1, -0.05) is 27.2 Å². The molecule has 15 nitrogen and oxygen atoms in total. The molecule has 0 aromatic heterocycles. The molecule has 16 heteroatoms. The van der Waals surface area contributed by atoms with E-state index in [-0.39, 0.29) is 72.2 Å². The highest BCUT2D eigenvalue weighted by atomic mass is 32.2. The molecule has 0 aliphatic heterocycles. The summed E-state index contributed by atoms with van der Waals surface area (Å²) in [6.07, 6.45) is 10.5. The van der Waals surface area contributed by atoms with Gasteiger partial charge >= 0.3 is 5.97 Å². The lowest BCUT2D eigenvalue weighted by molar-refractivity contribution is -0.519. The van der Waals surface area contributed by atoms with Crippen molar-refractivity contribution in [1.29, 1.82) is 0 Å². The molecule has 0 saturated carbocycles.